The number of ether oxygens (including phenoxy) is 3. The molecule has 0 saturated carbocycles. The van der Waals surface area contributed by atoms with Crippen molar-refractivity contribution >= 4 is 5.97 Å². The fraction of sp³-hybridized carbons (Fsp3) is 0.435. The first kappa shape index (κ1) is 23.3. The number of benzene rings is 2. The molecule has 3 atom stereocenters. The lowest BCUT2D eigenvalue weighted by Crippen LogP contribution is -2.70. The fourth-order valence-electron chi connectivity index (χ4n) is 4.05. The third-order valence-electron chi connectivity index (χ3n) is 5.47. The average Bonchev–Trinajstić information content (AvgIpc) is 2.82. The van der Waals surface area contributed by atoms with Gasteiger partial charge in [-0.2, -0.15) is 0 Å². The van der Waals surface area contributed by atoms with E-state index in [4.69, 9.17) is 14.2 Å². The average molecular weight is 430 g/mol. The number of hydrogen-bond donors (Lipinski definition) is 4. The van der Waals surface area contributed by atoms with E-state index in [0.717, 1.165) is 11.1 Å². The van der Waals surface area contributed by atoms with Crippen LogP contribution in [0.5, 0.6) is 0 Å². The molecule has 1 saturated heterocycles. The van der Waals surface area contributed by atoms with Gasteiger partial charge in [0.25, 0.3) is 0 Å². The summed E-state index contributed by atoms with van der Waals surface area (Å²) in [6, 6.07) is 17.7. The van der Waals surface area contributed by atoms with Crippen LogP contribution >= 0.6 is 0 Å². The molecule has 1 aliphatic heterocycles. The molecule has 3 rings (SSSR count). The summed E-state index contributed by atoms with van der Waals surface area (Å²) in [4.78, 5) is 12.7. The monoisotopic (exact) mass is 429 g/mol. The van der Waals surface area contributed by atoms with Crippen molar-refractivity contribution in [1.29, 1.82) is 0 Å². The lowest BCUT2D eigenvalue weighted by Gasteiger charge is -2.43. The molecule has 0 amide bonds. The highest BCUT2D eigenvalue weighted by atomic mass is 16.5. The van der Waals surface area contributed by atoms with Gasteiger partial charge < -0.3 is 19.3 Å². The Labute approximate surface area is 182 Å². The van der Waals surface area contributed by atoms with Crippen LogP contribution < -0.4 is 16.0 Å². The SMILES string of the molecule is CCOC(c1ccccc1)(c1ccccc1)C(NC1NC(OC)CC(OC)N1)C(=O)O. The molecular weight excluding hydrogens is 398 g/mol. The standard InChI is InChI=1S/C23H31N3O5/c1-4-31-23(16-11-7-5-8-12-16,17-13-9-6-10-14-17)20(21(27)28)26-22-24-18(29-2)15-19(25-22)30-3/h5-14,18-20,22,24-26H,4,15H2,1-3H3,(H,27,28). The zero-order chi connectivity index (χ0) is 22.3. The van der Waals surface area contributed by atoms with Gasteiger partial charge in [0.15, 0.2) is 0 Å². The number of carboxylic acid groups (broad SMARTS) is 1. The Kier molecular flexibility index (Phi) is 8.14. The highest BCUT2D eigenvalue weighted by Gasteiger charge is 2.48. The minimum Gasteiger partial charge on any atom is -0.480 e. The summed E-state index contributed by atoms with van der Waals surface area (Å²) in [5.74, 6) is -1.04. The van der Waals surface area contributed by atoms with Gasteiger partial charge in [-0.1, -0.05) is 60.7 Å². The maximum absolute atomic E-state index is 12.7. The molecule has 2 aromatic carbocycles. The molecule has 31 heavy (non-hydrogen) atoms. The molecule has 0 bridgehead atoms. The van der Waals surface area contributed by atoms with Crippen LogP contribution in [-0.2, 0) is 24.6 Å². The van der Waals surface area contributed by atoms with Crippen LogP contribution in [0.4, 0.5) is 0 Å². The molecule has 0 aromatic heterocycles. The Bertz CT molecular complexity index is 769. The van der Waals surface area contributed by atoms with Crippen molar-refractivity contribution in [2.45, 2.75) is 43.7 Å². The number of carbonyl (C=O) groups is 1. The normalized spacial score (nSPS) is 22.7. The smallest absolute Gasteiger partial charge is 0.324 e. The molecule has 168 valence electrons. The van der Waals surface area contributed by atoms with Crippen molar-refractivity contribution in [2.24, 2.45) is 0 Å². The van der Waals surface area contributed by atoms with Gasteiger partial charge in [0.2, 0.25) is 0 Å². The van der Waals surface area contributed by atoms with Gasteiger partial charge in [-0.15, -0.1) is 0 Å². The predicted octanol–water partition coefficient (Wildman–Crippen LogP) is 1.82. The highest BCUT2D eigenvalue weighted by Crippen LogP contribution is 2.37. The van der Waals surface area contributed by atoms with Crippen LogP contribution in [0.1, 0.15) is 24.5 Å². The zero-order valence-corrected chi connectivity index (χ0v) is 18.1. The second-order valence-electron chi connectivity index (χ2n) is 7.29. The molecule has 3 unspecified atom stereocenters. The van der Waals surface area contributed by atoms with Crippen LogP contribution in [0.25, 0.3) is 0 Å². The van der Waals surface area contributed by atoms with Gasteiger partial charge >= 0.3 is 5.97 Å². The van der Waals surface area contributed by atoms with Gasteiger partial charge in [-0.25, -0.2) is 0 Å². The topological polar surface area (TPSA) is 101 Å². The molecule has 0 radical (unpaired) electrons. The van der Waals surface area contributed by atoms with Gasteiger partial charge in [-0.05, 0) is 18.1 Å². The first-order valence-electron chi connectivity index (χ1n) is 10.4. The van der Waals surface area contributed by atoms with E-state index >= 15 is 0 Å². The van der Waals surface area contributed by atoms with Crippen LogP contribution in [0.15, 0.2) is 60.7 Å². The van der Waals surface area contributed by atoms with Gasteiger partial charge in [0, 0.05) is 27.2 Å². The lowest BCUT2D eigenvalue weighted by atomic mass is 9.79. The molecule has 0 aliphatic carbocycles. The summed E-state index contributed by atoms with van der Waals surface area (Å²) < 4.78 is 17.2. The minimum atomic E-state index is -1.27. The van der Waals surface area contributed by atoms with Gasteiger partial charge in [0.05, 0.1) is 0 Å². The Morgan fingerprint density at radius 3 is 1.90 bits per heavy atom. The summed E-state index contributed by atoms with van der Waals surface area (Å²) in [6.07, 6.45) is -0.602. The maximum Gasteiger partial charge on any atom is 0.324 e. The Hall–Kier alpha value is -2.33. The van der Waals surface area contributed by atoms with E-state index in [0.29, 0.717) is 13.0 Å². The number of aliphatic carboxylic acids is 1. The molecule has 8 heteroatoms. The number of nitrogens with one attached hydrogen (secondary N) is 3. The second kappa shape index (κ2) is 10.8. The van der Waals surface area contributed by atoms with Gasteiger partial charge in [0.1, 0.15) is 30.4 Å². The highest BCUT2D eigenvalue weighted by molar-refractivity contribution is 5.77. The molecule has 1 heterocycles. The summed E-state index contributed by atoms with van der Waals surface area (Å²) in [7, 11) is 3.19. The summed E-state index contributed by atoms with van der Waals surface area (Å²) in [6.45, 7) is 2.18. The van der Waals surface area contributed by atoms with Crippen LogP contribution in [-0.4, -0.2) is 56.7 Å². The third kappa shape index (κ3) is 5.12. The van der Waals surface area contributed by atoms with Crippen molar-refractivity contribution in [3.05, 3.63) is 71.8 Å². The molecular formula is C23H31N3O5. The Morgan fingerprint density at radius 2 is 1.52 bits per heavy atom. The largest absolute Gasteiger partial charge is 0.480 e. The van der Waals surface area contributed by atoms with E-state index in [1.807, 2.05) is 67.6 Å². The number of carboxylic acids is 1. The molecule has 4 N–H and O–H groups in total. The fourth-order valence-corrected chi connectivity index (χ4v) is 4.05. The van der Waals surface area contributed by atoms with Gasteiger partial charge in [-0.3, -0.25) is 20.7 Å². The van der Waals surface area contributed by atoms with E-state index in [1.54, 1.807) is 14.2 Å². The molecule has 1 aliphatic rings. The molecule has 2 aromatic rings. The van der Waals surface area contributed by atoms with E-state index < -0.39 is 23.9 Å². The summed E-state index contributed by atoms with van der Waals surface area (Å²) in [5.41, 5.74) is 0.213. The summed E-state index contributed by atoms with van der Waals surface area (Å²) >= 11 is 0. The van der Waals surface area contributed by atoms with Crippen molar-refractivity contribution in [2.75, 3.05) is 20.8 Å². The van der Waals surface area contributed by atoms with Crippen molar-refractivity contribution in [3.8, 4) is 0 Å². The van der Waals surface area contributed by atoms with E-state index in [1.165, 1.54) is 0 Å². The van der Waals surface area contributed by atoms with E-state index in [-0.39, 0.29) is 12.5 Å². The van der Waals surface area contributed by atoms with E-state index in [9.17, 15) is 9.90 Å². The predicted molar refractivity (Wildman–Crippen MR) is 116 cm³/mol. The van der Waals surface area contributed by atoms with Crippen molar-refractivity contribution in [1.82, 2.24) is 16.0 Å². The van der Waals surface area contributed by atoms with Crippen molar-refractivity contribution in [3.63, 3.8) is 0 Å². The first-order chi connectivity index (χ1) is 15.0. The Morgan fingerprint density at radius 1 is 1.03 bits per heavy atom. The van der Waals surface area contributed by atoms with Crippen LogP contribution in [0.3, 0.4) is 0 Å². The quantitative estimate of drug-likeness (QED) is 0.454. The first-order valence-corrected chi connectivity index (χ1v) is 10.4. The van der Waals surface area contributed by atoms with E-state index in [2.05, 4.69) is 16.0 Å². The second-order valence-corrected chi connectivity index (χ2v) is 7.29. The number of hydrogen-bond acceptors (Lipinski definition) is 7. The third-order valence-corrected chi connectivity index (χ3v) is 5.47. The molecule has 0 spiro atoms. The zero-order valence-electron chi connectivity index (χ0n) is 18.1. The van der Waals surface area contributed by atoms with Crippen LogP contribution in [0.2, 0.25) is 0 Å². The van der Waals surface area contributed by atoms with Crippen molar-refractivity contribution < 1.29 is 24.1 Å². The van der Waals surface area contributed by atoms with Crippen LogP contribution in [0, 0.1) is 0 Å². The number of rotatable bonds is 10. The molecule has 1 fully saturated rings. The maximum atomic E-state index is 12.7. The summed E-state index contributed by atoms with van der Waals surface area (Å²) in [5, 5.41) is 20.0. The molecule has 8 nitrogen and oxygen atoms in total. The number of methoxy groups -OCH3 is 2. The Balaban J connectivity index is 2.07. The minimum absolute atomic E-state index is 0.298. The lowest BCUT2D eigenvalue weighted by molar-refractivity contribution is -0.151.